The zero-order valence-electron chi connectivity index (χ0n) is 9.94. The normalized spacial score (nSPS) is 10.1. The number of hydrogen-bond acceptors (Lipinski definition) is 4. The lowest BCUT2D eigenvalue weighted by atomic mass is 10.2. The van der Waals surface area contributed by atoms with Crippen LogP contribution in [0.4, 0.5) is 0 Å². The van der Waals surface area contributed by atoms with Gasteiger partial charge < -0.3 is 14.2 Å². The minimum atomic E-state index is -0.394. The van der Waals surface area contributed by atoms with Crippen LogP contribution in [-0.4, -0.2) is 26.3 Å². The van der Waals surface area contributed by atoms with Gasteiger partial charge in [0.2, 0.25) is 0 Å². The van der Waals surface area contributed by atoms with Crippen molar-refractivity contribution in [2.75, 3.05) is 14.2 Å². The van der Waals surface area contributed by atoms with Gasteiger partial charge in [0.1, 0.15) is 17.1 Å². The number of esters is 1. The van der Waals surface area contributed by atoms with Crippen LogP contribution in [0.15, 0.2) is 18.2 Å². The molecule has 0 saturated carbocycles. The Bertz CT molecular complexity index is 371. The lowest BCUT2D eigenvalue weighted by Crippen LogP contribution is -2.12. The maximum atomic E-state index is 11.7. The van der Waals surface area contributed by atoms with Gasteiger partial charge in [-0.05, 0) is 26.0 Å². The Morgan fingerprint density at radius 1 is 1.19 bits per heavy atom. The maximum Gasteiger partial charge on any atom is 0.342 e. The van der Waals surface area contributed by atoms with Crippen molar-refractivity contribution in [3.63, 3.8) is 0 Å². The van der Waals surface area contributed by atoms with Crippen LogP contribution < -0.4 is 9.47 Å². The highest BCUT2D eigenvalue weighted by atomic mass is 16.5. The smallest absolute Gasteiger partial charge is 0.342 e. The molecule has 4 heteroatoms. The summed E-state index contributed by atoms with van der Waals surface area (Å²) in [4.78, 5) is 11.7. The first-order valence-corrected chi connectivity index (χ1v) is 5.01. The van der Waals surface area contributed by atoms with Gasteiger partial charge in [-0.2, -0.15) is 0 Å². The van der Waals surface area contributed by atoms with E-state index < -0.39 is 5.97 Å². The second kappa shape index (κ2) is 5.39. The number of carbonyl (C=O) groups excluding carboxylic acids is 1. The second-order valence-corrected chi connectivity index (χ2v) is 3.52. The Hall–Kier alpha value is -1.71. The molecule has 0 atom stereocenters. The third-order valence-electron chi connectivity index (χ3n) is 1.97. The fourth-order valence-corrected chi connectivity index (χ4v) is 1.24. The molecule has 0 aliphatic carbocycles. The number of methoxy groups -OCH3 is 2. The van der Waals surface area contributed by atoms with Crippen LogP contribution in [0.1, 0.15) is 24.2 Å². The number of hydrogen-bond donors (Lipinski definition) is 0. The van der Waals surface area contributed by atoms with Crippen LogP contribution in [0.3, 0.4) is 0 Å². The Balaban J connectivity index is 2.99. The van der Waals surface area contributed by atoms with Crippen LogP contribution in [-0.2, 0) is 4.74 Å². The predicted octanol–water partition coefficient (Wildman–Crippen LogP) is 2.27. The SMILES string of the molecule is COc1ccc(C(=O)OC(C)C)c(OC)c1. The highest BCUT2D eigenvalue weighted by Gasteiger charge is 2.15. The average molecular weight is 224 g/mol. The molecule has 1 aromatic carbocycles. The van der Waals surface area contributed by atoms with Gasteiger partial charge in [0.25, 0.3) is 0 Å². The summed E-state index contributed by atoms with van der Waals surface area (Å²) in [5.74, 6) is 0.692. The first-order valence-electron chi connectivity index (χ1n) is 5.01. The fraction of sp³-hybridized carbons (Fsp3) is 0.417. The molecule has 0 bridgehead atoms. The van der Waals surface area contributed by atoms with Gasteiger partial charge in [-0.15, -0.1) is 0 Å². The Kier molecular flexibility index (Phi) is 4.17. The topological polar surface area (TPSA) is 44.8 Å². The van der Waals surface area contributed by atoms with E-state index in [-0.39, 0.29) is 6.10 Å². The second-order valence-electron chi connectivity index (χ2n) is 3.52. The zero-order valence-corrected chi connectivity index (χ0v) is 9.94. The molecule has 4 nitrogen and oxygen atoms in total. The lowest BCUT2D eigenvalue weighted by molar-refractivity contribution is 0.0374. The molecule has 0 radical (unpaired) electrons. The summed E-state index contributed by atoms with van der Waals surface area (Å²) >= 11 is 0. The molecule has 0 aliphatic heterocycles. The predicted molar refractivity (Wildman–Crippen MR) is 60.1 cm³/mol. The van der Waals surface area contributed by atoms with E-state index in [1.807, 2.05) is 0 Å². The number of rotatable bonds is 4. The van der Waals surface area contributed by atoms with Crippen LogP contribution >= 0.6 is 0 Å². The van der Waals surface area contributed by atoms with Crippen molar-refractivity contribution in [2.45, 2.75) is 20.0 Å². The van der Waals surface area contributed by atoms with Crippen molar-refractivity contribution < 1.29 is 19.0 Å². The molecule has 0 N–H and O–H groups in total. The van der Waals surface area contributed by atoms with Gasteiger partial charge in [-0.25, -0.2) is 4.79 Å². The summed E-state index contributed by atoms with van der Waals surface area (Å²) in [6.45, 7) is 3.60. The van der Waals surface area contributed by atoms with E-state index >= 15 is 0 Å². The van der Waals surface area contributed by atoms with E-state index in [1.54, 1.807) is 39.2 Å². The molecule has 0 amide bonds. The van der Waals surface area contributed by atoms with Crippen LogP contribution in [0.5, 0.6) is 11.5 Å². The summed E-state index contributed by atoms with van der Waals surface area (Å²) in [6, 6.07) is 4.97. The molecule has 1 rings (SSSR count). The van der Waals surface area contributed by atoms with Crippen molar-refractivity contribution in [3.8, 4) is 11.5 Å². The van der Waals surface area contributed by atoms with Crippen LogP contribution in [0.2, 0.25) is 0 Å². The van der Waals surface area contributed by atoms with Crippen LogP contribution in [0, 0.1) is 0 Å². The van der Waals surface area contributed by atoms with Crippen molar-refractivity contribution in [1.82, 2.24) is 0 Å². The van der Waals surface area contributed by atoms with Gasteiger partial charge >= 0.3 is 5.97 Å². The molecule has 16 heavy (non-hydrogen) atoms. The first kappa shape index (κ1) is 12.4. The Labute approximate surface area is 95.1 Å². The van der Waals surface area contributed by atoms with Gasteiger partial charge in [0.15, 0.2) is 0 Å². The third-order valence-corrected chi connectivity index (χ3v) is 1.97. The molecule has 0 heterocycles. The van der Waals surface area contributed by atoms with Gasteiger partial charge in [0, 0.05) is 6.07 Å². The minimum Gasteiger partial charge on any atom is -0.497 e. The monoisotopic (exact) mass is 224 g/mol. The van der Waals surface area contributed by atoms with Crippen molar-refractivity contribution in [2.24, 2.45) is 0 Å². The summed E-state index contributed by atoms with van der Waals surface area (Å²) in [6.07, 6.45) is -0.153. The van der Waals surface area contributed by atoms with E-state index in [9.17, 15) is 4.79 Å². The van der Waals surface area contributed by atoms with E-state index in [0.29, 0.717) is 17.1 Å². The molecular formula is C12H16O4. The molecule has 1 aromatic rings. The molecule has 0 unspecified atom stereocenters. The molecule has 0 fully saturated rings. The Morgan fingerprint density at radius 3 is 2.38 bits per heavy atom. The molecule has 0 aliphatic rings. The minimum absolute atomic E-state index is 0.153. The maximum absolute atomic E-state index is 11.7. The largest absolute Gasteiger partial charge is 0.497 e. The highest BCUT2D eigenvalue weighted by molar-refractivity contribution is 5.92. The van der Waals surface area contributed by atoms with Crippen molar-refractivity contribution in [1.29, 1.82) is 0 Å². The van der Waals surface area contributed by atoms with Gasteiger partial charge in [-0.3, -0.25) is 0 Å². The van der Waals surface area contributed by atoms with E-state index in [0.717, 1.165) is 0 Å². The van der Waals surface area contributed by atoms with E-state index in [1.165, 1.54) is 7.11 Å². The lowest BCUT2D eigenvalue weighted by Gasteiger charge is -2.11. The molecule has 0 saturated heterocycles. The van der Waals surface area contributed by atoms with Crippen molar-refractivity contribution >= 4 is 5.97 Å². The van der Waals surface area contributed by atoms with Gasteiger partial charge in [0.05, 0.1) is 20.3 Å². The van der Waals surface area contributed by atoms with Crippen molar-refractivity contribution in [3.05, 3.63) is 23.8 Å². The number of benzene rings is 1. The summed E-state index contributed by atoms with van der Waals surface area (Å²) in [5, 5.41) is 0. The van der Waals surface area contributed by atoms with Gasteiger partial charge in [-0.1, -0.05) is 0 Å². The molecule has 88 valence electrons. The first-order chi connectivity index (χ1) is 7.58. The van der Waals surface area contributed by atoms with E-state index in [2.05, 4.69) is 0 Å². The van der Waals surface area contributed by atoms with Crippen LogP contribution in [0.25, 0.3) is 0 Å². The fourth-order valence-electron chi connectivity index (χ4n) is 1.24. The highest BCUT2D eigenvalue weighted by Crippen LogP contribution is 2.25. The summed E-state index contributed by atoms with van der Waals surface area (Å²) in [5.41, 5.74) is 0.400. The quantitative estimate of drug-likeness (QED) is 0.736. The standard InChI is InChI=1S/C12H16O4/c1-8(2)16-12(13)10-6-5-9(14-3)7-11(10)15-4/h5-8H,1-4H3. The average Bonchev–Trinajstić information content (AvgIpc) is 2.27. The number of ether oxygens (including phenoxy) is 3. The summed E-state index contributed by atoms with van der Waals surface area (Å²) < 4.78 is 15.2. The third kappa shape index (κ3) is 2.89. The Morgan fingerprint density at radius 2 is 1.88 bits per heavy atom. The summed E-state index contributed by atoms with van der Waals surface area (Å²) in [7, 11) is 3.06. The molecule has 0 aromatic heterocycles. The molecule has 0 spiro atoms. The van der Waals surface area contributed by atoms with E-state index in [4.69, 9.17) is 14.2 Å². The zero-order chi connectivity index (χ0) is 12.1. The number of carbonyl (C=O) groups is 1. The molecular weight excluding hydrogens is 208 g/mol.